The highest BCUT2D eigenvalue weighted by Gasteiger charge is 2.40. The van der Waals surface area contributed by atoms with Crippen LogP contribution in [0.3, 0.4) is 0 Å². The summed E-state index contributed by atoms with van der Waals surface area (Å²) in [4.78, 5) is 10.7. The van der Waals surface area contributed by atoms with E-state index in [0.717, 1.165) is 12.4 Å². The lowest BCUT2D eigenvalue weighted by Gasteiger charge is -2.39. The van der Waals surface area contributed by atoms with E-state index < -0.39 is 14.6 Å². The van der Waals surface area contributed by atoms with Crippen LogP contribution in [0.25, 0.3) is 0 Å². The van der Waals surface area contributed by atoms with Gasteiger partial charge in [0, 0.05) is 26.7 Å². The number of aryl methyl sites for hydroxylation is 1. The molecule has 8 nitrogen and oxygen atoms in total. The molecule has 0 aliphatic carbocycles. The van der Waals surface area contributed by atoms with Gasteiger partial charge in [-0.05, 0) is 20.8 Å². The molecular formula is C13H25IN6O2S. The highest BCUT2D eigenvalue weighted by Crippen LogP contribution is 2.23. The molecule has 0 saturated carbocycles. The van der Waals surface area contributed by atoms with Crippen molar-refractivity contribution in [3.05, 3.63) is 12.2 Å². The van der Waals surface area contributed by atoms with Gasteiger partial charge in [-0.1, -0.05) is 0 Å². The molecule has 132 valence electrons. The minimum atomic E-state index is -3.06. The zero-order valence-electron chi connectivity index (χ0n) is 14.0. The van der Waals surface area contributed by atoms with Crippen molar-refractivity contribution >= 4 is 39.8 Å². The van der Waals surface area contributed by atoms with E-state index in [1.54, 1.807) is 18.5 Å². The summed E-state index contributed by atoms with van der Waals surface area (Å²) in [6.45, 7) is 7.53. The molecule has 2 heterocycles. The minimum Gasteiger partial charge on any atom is -0.357 e. The summed E-state index contributed by atoms with van der Waals surface area (Å²) >= 11 is 0. The molecule has 2 rings (SSSR count). The summed E-state index contributed by atoms with van der Waals surface area (Å²) in [6.07, 6.45) is 1.49. The van der Waals surface area contributed by atoms with Crippen molar-refractivity contribution in [2.75, 3.05) is 25.4 Å². The number of hydrogen-bond donors (Lipinski definition) is 1. The average Bonchev–Trinajstić information content (AvgIpc) is 2.83. The third-order valence-electron chi connectivity index (χ3n) is 3.85. The largest absolute Gasteiger partial charge is 0.357 e. The molecule has 23 heavy (non-hydrogen) atoms. The summed E-state index contributed by atoms with van der Waals surface area (Å²) in [5.41, 5.74) is 0. The van der Waals surface area contributed by atoms with Gasteiger partial charge in [0.25, 0.3) is 0 Å². The van der Waals surface area contributed by atoms with Gasteiger partial charge in [-0.15, -0.1) is 24.0 Å². The average molecular weight is 456 g/mol. The molecule has 10 heteroatoms. The fourth-order valence-electron chi connectivity index (χ4n) is 2.36. The topological polar surface area (TPSA) is 92.5 Å². The SMILES string of the molecule is CCNC(=NCc1ncnn1C)N1CCS(=O)(=O)C(C)(C)C1.I. The molecule has 1 N–H and O–H groups in total. The first-order valence-electron chi connectivity index (χ1n) is 7.35. The quantitative estimate of drug-likeness (QED) is 0.403. The van der Waals surface area contributed by atoms with Gasteiger partial charge in [0.2, 0.25) is 0 Å². The van der Waals surface area contributed by atoms with Gasteiger partial charge in [-0.3, -0.25) is 4.68 Å². The second-order valence-corrected chi connectivity index (χ2v) is 8.71. The summed E-state index contributed by atoms with van der Waals surface area (Å²) < 4.78 is 25.1. The number of hydrogen-bond acceptors (Lipinski definition) is 5. The van der Waals surface area contributed by atoms with Gasteiger partial charge < -0.3 is 10.2 Å². The Morgan fingerprint density at radius 3 is 2.70 bits per heavy atom. The number of sulfone groups is 1. The van der Waals surface area contributed by atoms with E-state index in [1.807, 2.05) is 18.9 Å². The molecule has 1 aliphatic heterocycles. The summed E-state index contributed by atoms with van der Waals surface area (Å²) in [7, 11) is -1.24. The molecule has 0 atom stereocenters. The van der Waals surface area contributed by atoms with Crippen molar-refractivity contribution in [3.63, 3.8) is 0 Å². The Kier molecular flexibility index (Phi) is 6.81. The van der Waals surface area contributed by atoms with E-state index in [9.17, 15) is 8.42 Å². The number of aliphatic imine (C=N–C) groups is 1. The fourth-order valence-corrected chi connectivity index (χ4v) is 3.73. The molecule has 0 bridgehead atoms. The molecule has 0 radical (unpaired) electrons. The van der Waals surface area contributed by atoms with E-state index in [1.165, 1.54) is 6.33 Å². The number of halogens is 1. The van der Waals surface area contributed by atoms with Gasteiger partial charge in [0.15, 0.2) is 15.8 Å². The summed E-state index contributed by atoms with van der Waals surface area (Å²) in [6, 6.07) is 0. The number of nitrogens with one attached hydrogen (secondary N) is 1. The van der Waals surface area contributed by atoms with Crippen LogP contribution in [-0.2, 0) is 23.4 Å². The lowest BCUT2D eigenvalue weighted by Crippen LogP contribution is -2.57. The van der Waals surface area contributed by atoms with Crippen LogP contribution >= 0.6 is 24.0 Å². The van der Waals surface area contributed by atoms with E-state index in [-0.39, 0.29) is 29.7 Å². The lowest BCUT2D eigenvalue weighted by molar-refractivity contribution is 0.353. The molecule has 1 fully saturated rings. The Morgan fingerprint density at radius 1 is 1.48 bits per heavy atom. The van der Waals surface area contributed by atoms with Crippen LogP contribution in [0.15, 0.2) is 11.3 Å². The molecule has 1 aromatic rings. The Bertz CT molecular complexity index is 655. The normalized spacial score (nSPS) is 20.0. The Balaban J connectivity index is 0.00000264. The molecule has 1 saturated heterocycles. The summed E-state index contributed by atoms with van der Waals surface area (Å²) in [5.74, 6) is 1.63. The first-order valence-corrected chi connectivity index (χ1v) is 9.00. The van der Waals surface area contributed by atoms with E-state index in [2.05, 4.69) is 20.4 Å². The molecule has 0 spiro atoms. The second kappa shape index (κ2) is 7.77. The van der Waals surface area contributed by atoms with Gasteiger partial charge >= 0.3 is 0 Å². The molecule has 1 aromatic heterocycles. The third kappa shape index (κ3) is 4.55. The van der Waals surface area contributed by atoms with Crippen LogP contribution in [0, 0.1) is 0 Å². The maximum absolute atomic E-state index is 12.1. The number of rotatable bonds is 3. The minimum absolute atomic E-state index is 0. The Morgan fingerprint density at radius 2 is 2.17 bits per heavy atom. The molecule has 1 aliphatic rings. The van der Waals surface area contributed by atoms with Crippen molar-refractivity contribution in [1.82, 2.24) is 25.0 Å². The number of aromatic nitrogens is 3. The van der Waals surface area contributed by atoms with Crippen LogP contribution in [0.2, 0.25) is 0 Å². The van der Waals surface area contributed by atoms with E-state index >= 15 is 0 Å². The Hall–Kier alpha value is -0.910. The van der Waals surface area contributed by atoms with Crippen LogP contribution in [0.1, 0.15) is 26.6 Å². The Labute approximate surface area is 154 Å². The predicted octanol–water partition coefficient (Wildman–Crippen LogP) is 0.408. The van der Waals surface area contributed by atoms with Crippen molar-refractivity contribution < 1.29 is 8.42 Å². The monoisotopic (exact) mass is 456 g/mol. The second-order valence-electron chi connectivity index (χ2n) is 5.97. The first kappa shape index (κ1) is 20.1. The van der Waals surface area contributed by atoms with Gasteiger partial charge in [0.1, 0.15) is 18.7 Å². The summed E-state index contributed by atoms with van der Waals surface area (Å²) in [5, 5.41) is 7.24. The molecule has 0 aromatic carbocycles. The highest BCUT2D eigenvalue weighted by molar-refractivity contribution is 14.0. The highest BCUT2D eigenvalue weighted by atomic mass is 127. The maximum atomic E-state index is 12.1. The maximum Gasteiger partial charge on any atom is 0.194 e. The predicted molar refractivity (Wildman–Crippen MR) is 101 cm³/mol. The van der Waals surface area contributed by atoms with Crippen LogP contribution in [-0.4, -0.2) is 64.2 Å². The third-order valence-corrected chi connectivity index (χ3v) is 6.39. The van der Waals surface area contributed by atoms with Crippen molar-refractivity contribution in [3.8, 4) is 0 Å². The van der Waals surface area contributed by atoms with Crippen LogP contribution in [0.4, 0.5) is 0 Å². The zero-order valence-corrected chi connectivity index (χ0v) is 17.1. The number of guanidine groups is 1. The van der Waals surface area contributed by atoms with E-state index in [4.69, 9.17) is 0 Å². The van der Waals surface area contributed by atoms with Gasteiger partial charge in [-0.25, -0.2) is 18.4 Å². The van der Waals surface area contributed by atoms with E-state index in [0.29, 0.717) is 25.6 Å². The molecule has 0 amide bonds. The first-order chi connectivity index (χ1) is 10.3. The van der Waals surface area contributed by atoms with Crippen LogP contribution in [0.5, 0.6) is 0 Å². The lowest BCUT2D eigenvalue weighted by atomic mass is 10.2. The van der Waals surface area contributed by atoms with Gasteiger partial charge in [-0.2, -0.15) is 5.10 Å². The smallest absolute Gasteiger partial charge is 0.194 e. The zero-order chi connectivity index (χ0) is 16.4. The van der Waals surface area contributed by atoms with Crippen molar-refractivity contribution in [2.45, 2.75) is 32.1 Å². The molecular weight excluding hydrogens is 431 g/mol. The van der Waals surface area contributed by atoms with Gasteiger partial charge in [0.05, 0.1) is 10.5 Å². The fraction of sp³-hybridized carbons (Fsp3) is 0.769. The van der Waals surface area contributed by atoms with Crippen LogP contribution < -0.4 is 5.32 Å². The van der Waals surface area contributed by atoms with Crippen molar-refractivity contribution in [1.29, 1.82) is 0 Å². The standard InChI is InChI=1S/C13H24N6O2S.HI/c1-5-14-12(15-8-11-16-10-17-18(11)4)19-6-7-22(20,21)13(2,3)9-19;/h10H,5-9H2,1-4H3,(H,14,15);1H. The van der Waals surface area contributed by atoms with Crippen molar-refractivity contribution in [2.24, 2.45) is 12.0 Å². The number of nitrogens with zero attached hydrogens (tertiary/aromatic N) is 5. The molecule has 0 unspecified atom stereocenters.